The fourth-order valence-corrected chi connectivity index (χ4v) is 3.31. The summed E-state index contributed by atoms with van der Waals surface area (Å²) in [6.07, 6.45) is 0.824. The fourth-order valence-electron chi connectivity index (χ4n) is 1.45. The monoisotopic (exact) mass is 284 g/mol. The van der Waals surface area contributed by atoms with Crippen LogP contribution < -0.4 is 5.73 Å². The van der Waals surface area contributed by atoms with Crippen molar-refractivity contribution in [1.82, 2.24) is 15.1 Å². The van der Waals surface area contributed by atoms with Crippen LogP contribution in [0, 0.1) is 12.8 Å². The van der Waals surface area contributed by atoms with Crippen molar-refractivity contribution in [3.8, 4) is 0 Å². The van der Waals surface area contributed by atoms with Crippen LogP contribution in [0.3, 0.4) is 0 Å². The van der Waals surface area contributed by atoms with E-state index in [1.807, 2.05) is 6.92 Å². The number of hydrogen-bond acceptors (Lipinski definition) is 7. The molecule has 7 heteroatoms. The van der Waals surface area contributed by atoms with Gasteiger partial charge in [-0.25, -0.2) is 4.98 Å². The van der Waals surface area contributed by atoms with Gasteiger partial charge in [0.15, 0.2) is 11.0 Å². The van der Waals surface area contributed by atoms with Gasteiger partial charge < -0.3 is 10.3 Å². The summed E-state index contributed by atoms with van der Waals surface area (Å²) in [4.78, 5) is 8.54. The summed E-state index contributed by atoms with van der Waals surface area (Å²) in [6.45, 7) is 6.21. The molecule has 0 aromatic carbocycles. The standard InChI is InChI=1S/C11H16N4OS2/c1-6(2)4-9-14-8(15-16-9)5-17-10-7(3)13-11(12)18-10/h6H,4-5H2,1-3H3,(H2,12,13). The highest BCUT2D eigenvalue weighted by molar-refractivity contribution is 8.00. The Hall–Kier alpha value is -1.08. The summed E-state index contributed by atoms with van der Waals surface area (Å²) in [6, 6.07) is 0. The molecule has 18 heavy (non-hydrogen) atoms. The number of hydrogen-bond donors (Lipinski definition) is 1. The number of anilines is 1. The molecule has 0 radical (unpaired) electrons. The first-order valence-electron chi connectivity index (χ1n) is 5.71. The average Bonchev–Trinajstić information content (AvgIpc) is 2.82. The minimum atomic E-state index is 0.523. The van der Waals surface area contributed by atoms with E-state index in [-0.39, 0.29) is 0 Å². The summed E-state index contributed by atoms with van der Waals surface area (Å²) < 4.78 is 6.30. The normalized spacial score (nSPS) is 11.3. The predicted octanol–water partition coefficient (Wildman–Crippen LogP) is 2.91. The van der Waals surface area contributed by atoms with E-state index in [0.29, 0.717) is 22.7 Å². The Kier molecular flexibility index (Phi) is 4.23. The minimum absolute atomic E-state index is 0.523. The van der Waals surface area contributed by atoms with Crippen molar-refractivity contribution in [3.63, 3.8) is 0 Å². The molecule has 2 aromatic rings. The second-order valence-corrected chi connectivity index (χ2v) is 6.69. The highest BCUT2D eigenvalue weighted by Crippen LogP contribution is 2.32. The molecule has 2 aromatic heterocycles. The van der Waals surface area contributed by atoms with Crippen molar-refractivity contribution in [2.24, 2.45) is 5.92 Å². The largest absolute Gasteiger partial charge is 0.375 e. The van der Waals surface area contributed by atoms with Gasteiger partial charge in [0, 0.05) is 6.42 Å². The molecular weight excluding hydrogens is 268 g/mol. The van der Waals surface area contributed by atoms with E-state index in [4.69, 9.17) is 10.3 Å². The van der Waals surface area contributed by atoms with Gasteiger partial charge in [-0.2, -0.15) is 4.98 Å². The maximum atomic E-state index is 5.65. The lowest BCUT2D eigenvalue weighted by Crippen LogP contribution is -1.94. The fraction of sp³-hybridized carbons (Fsp3) is 0.545. The number of thioether (sulfide) groups is 1. The third kappa shape index (κ3) is 3.46. The van der Waals surface area contributed by atoms with Crippen LogP contribution in [0.1, 0.15) is 31.3 Å². The van der Waals surface area contributed by atoms with Crippen molar-refractivity contribution >= 4 is 28.2 Å². The van der Waals surface area contributed by atoms with Gasteiger partial charge in [0.05, 0.1) is 15.7 Å². The highest BCUT2D eigenvalue weighted by Gasteiger charge is 2.11. The number of nitrogens with zero attached hydrogens (tertiary/aromatic N) is 3. The maximum Gasteiger partial charge on any atom is 0.226 e. The van der Waals surface area contributed by atoms with E-state index in [0.717, 1.165) is 22.1 Å². The van der Waals surface area contributed by atoms with E-state index in [1.165, 1.54) is 11.3 Å². The summed E-state index contributed by atoms with van der Waals surface area (Å²) >= 11 is 3.14. The molecule has 0 aliphatic heterocycles. The van der Waals surface area contributed by atoms with E-state index in [9.17, 15) is 0 Å². The van der Waals surface area contributed by atoms with Gasteiger partial charge in [-0.05, 0) is 12.8 Å². The Balaban J connectivity index is 1.94. The quantitative estimate of drug-likeness (QED) is 0.851. The summed E-state index contributed by atoms with van der Waals surface area (Å²) in [7, 11) is 0. The molecule has 0 unspecified atom stereocenters. The van der Waals surface area contributed by atoms with E-state index >= 15 is 0 Å². The molecule has 0 saturated heterocycles. The van der Waals surface area contributed by atoms with Gasteiger partial charge >= 0.3 is 0 Å². The minimum Gasteiger partial charge on any atom is -0.375 e. The highest BCUT2D eigenvalue weighted by atomic mass is 32.2. The van der Waals surface area contributed by atoms with Crippen LogP contribution in [0.25, 0.3) is 0 Å². The van der Waals surface area contributed by atoms with Gasteiger partial charge in [-0.3, -0.25) is 0 Å². The summed E-state index contributed by atoms with van der Waals surface area (Å²) in [5.41, 5.74) is 6.62. The first-order valence-corrected chi connectivity index (χ1v) is 7.52. The van der Waals surface area contributed by atoms with Crippen molar-refractivity contribution < 1.29 is 4.52 Å². The summed E-state index contributed by atoms with van der Waals surface area (Å²) in [5, 5.41) is 4.57. The molecule has 5 nitrogen and oxygen atoms in total. The van der Waals surface area contributed by atoms with Crippen LogP contribution in [0.5, 0.6) is 0 Å². The number of aromatic nitrogens is 3. The lowest BCUT2D eigenvalue weighted by atomic mass is 10.1. The van der Waals surface area contributed by atoms with E-state index in [2.05, 4.69) is 29.0 Å². The third-order valence-corrected chi connectivity index (χ3v) is 4.54. The van der Waals surface area contributed by atoms with Gasteiger partial charge in [0.2, 0.25) is 5.89 Å². The molecule has 0 fully saturated rings. The summed E-state index contributed by atoms with van der Waals surface area (Å²) in [5.74, 6) is 2.64. The number of rotatable bonds is 5. The lowest BCUT2D eigenvalue weighted by molar-refractivity contribution is 0.360. The van der Waals surface area contributed by atoms with E-state index < -0.39 is 0 Å². The van der Waals surface area contributed by atoms with Crippen LogP contribution in [0.15, 0.2) is 8.73 Å². The molecule has 2 heterocycles. The van der Waals surface area contributed by atoms with Gasteiger partial charge in [-0.1, -0.05) is 30.3 Å². The number of nitrogens with two attached hydrogens (primary N) is 1. The van der Waals surface area contributed by atoms with E-state index in [1.54, 1.807) is 11.8 Å². The molecule has 0 bridgehead atoms. The first kappa shape index (κ1) is 13.4. The number of thiazole rings is 1. The van der Waals surface area contributed by atoms with Crippen molar-refractivity contribution in [1.29, 1.82) is 0 Å². The lowest BCUT2D eigenvalue weighted by Gasteiger charge is -1.96. The zero-order valence-electron chi connectivity index (χ0n) is 10.6. The molecule has 0 aliphatic rings. The zero-order chi connectivity index (χ0) is 13.1. The smallest absolute Gasteiger partial charge is 0.226 e. The zero-order valence-corrected chi connectivity index (χ0v) is 12.3. The van der Waals surface area contributed by atoms with Crippen LogP contribution >= 0.6 is 23.1 Å². The van der Waals surface area contributed by atoms with Gasteiger partial charge in [-0.15, -0.1) is 11.8 Å². The Labute approximate surface area is 114 Å². The van der Waals surface area contributed by atoms with Crippen molar-refractivity contribution in [2.45, 2.75) is 37.2 Å². The SMILES string of the molecule is Cc1nc(N)sc1SCc1noc(CC(C)C)n1. The number of nitrogen functional groups attached to an aromatic ring is 1. The molecule has 2 N–H and O–H groups in total. The van der Waals surface area contributed by atoms with Crippen LogP contribution in [-0.2, 0) is 12.2 Å². The third-order valence-electron chi connectivity index (χ3n) is 2.20. The molecule has 0 aliphatic carbocycles. The maximum absolute atomic E-state index is 5.65. The molecule has 0 amide bonds. The number of aryl methyl sites for hydroxylation is 1. The molecule has 2 rings (SSSR count). The second-order valence-electron chi connectivity index (χ2n) is 4.42. The van der Waals surface area contributed by atoms with Gasteiger partial charge in [0.25, 0.3) is 0 Å². The van der Waals surface area contributed by atoms with Gasteiger partial charge in [0.1, 0.15) is 0 Å². The Morgan fingerprint density at radius 3 is 2.78 bits per heavy atom. The van der Waals surface area contributed by atoms with Crippen LogP contribution in [-0.4, -0.2) is 15.1 Å². The van der Waals surface area contributed by atoms with Crippen molar-refractivity contribution in [2.75, 3.05) is 5.73 Å². The average molecular weight is 284 g/mol. The predicted molar refractivity (Wildman–Crippen MR) is 73.7 cm³/mol. The topological polar surface area (TPSA) is 77.8 Å². The Morgan fingerprint density at radius 2 is 2.17 bits per heavy atom. The second kappa shape index (κ2) is 5.71. The molecular formula is C11H16N4OS2. The van der Waals surface area contributed by atoms with Crippen LogP contribution in [0.2, 0.25) is 0 Å². The van der Waals surface area contributed by atoms with Crippen LogP contribution in [0.4, 0.5) is 5.13 Å². The molecule has 0 atom stereocenters. The molecule has 98 valence electrons. The molecule has 0 spiro atoms. The molecule has 0 saturated carbocycles. The Morgan fingerprint density at radius 1 is 1.39 bits per heavy atom. The Bertz CT molecular complexity index is 521. The van der Waals surface area contributed by atoms with Crippen molar-refractivity contribution in [3.05, 3.63) is 17.4 Å². The first-order chi connectivity index (χ1) is 8.54.